The van der Waals surface area contributed by atoms with E-state index in [4.69, 9.17) is 25.7 Å². The summed E-state index contributed by atoms with van der Waals surface area (Å²) in [5.41, 5.74) is 14.0. The fourth-order valence-corrected chi connectivity index (χ4v) is 6.92. The molecule has 6 heterocycles. The molecule has 2 aliphatic heterocycles. The molecule has 7 rings (SSSR count). The number of nitrogens with zero attached hydrogens (tertiary/aromatic N) is 6. The topological polar surface area (TPSA) is 201 Å². The lowest BCUT2D eigenvalue weighted by Gasteiger charge is -2.31. The van der Waals surface area contributed by atoms with Crippen molar-refractivity contribution in [2.24, 2.45) is 5.92 Å². The summed E-state index contributed by atoms with van der Waals surface area (Å²) in [6.07, 6.45) is 0.532. The highest BCUT2D eigenvalue weighted by Gasteiger charge is 2.54. The Labute approximate surface area is 271 Å². The number of hydrogen-bond donors (Lipinski definition) is 5. The second kappa shape index (κ2) is 12.8. The summed E-state index contributed by atoms with van der Waals surface area (Å²) < 4.78 is 22.0. The van der Waals surface area contributed by atoms with E-state index in [1.54, 1.807) is 19.1 Å². The van der Waals surface area contributed by atoms with E-state index in [-0.39, 0.29) is 24.7 Å². The molecular weight excluding hydrogens is 604 g/mol. The fourth-order valence-electron chi connectivity index (χ4n) is 6.92. The van der Waals surface area contributed by atoms with Crippen LogP contribution in [0, 0.1) is 5.92 Å². The zero-order valence-electron chi connectivity index (χ0n) is 26.8. The molecule has 47 heavy (non-hydrogen) atoms. The molecule has 2 fully saturated rings. The minimum atomic E-state index is -1.19. The molecule has 0 aliphatic carbocycles. The zero-order valence-corrected chi connectivity index (χ0v) is 26.8. The van der Waals surface area contributed by atoms with Gasteiger partial charge in [0.25, 0.3) is 0 Å². The normalized spacial score (nSPS) is 30.5. The van der Waals surface area contributed by atoms with E-state index in [1.807, 2.05) is 34.8 Å². The summed E-state index contributed by atoms with van der Waals surface area (Å²) in [7, 11) is 0. The monoisotopic (exact) mass is 646 g/mol. The number of hydrogen-bond acceptors (Lipinski definition) is 12. The lowest BCUT2D eigenvalue weighted by atomic mass is 9.87. The van der Waals surface area contributed by atoms with Crippen molar-refractivity contribution in [3.8, 4) is 0 Å². The Morgan fingerprint density at radius 2 is 1.38 bits per heavy atom. The van der Waals surface area contributed by atoms with Gasteiger partial charge in [-0.05, 0) is 50.1 Å². The highest BCUT2D eigenvalue weighted by molar-refractivity contribution is 5.66. The lowest BCUT2D eigenvalue weighted by Crippen LogP contribution is -2.39. The highest BCUT2D eigenvalue weighted by atomic mass is 16.6. The van der Waals surface area contributed by atoms with Crippen molar-refractivity contribution in [3.05, 3.63) is 84.2 Å². The van der Waals surface area contributed by atoms with Crippen LogP contribution in [0.5, 0.6) is 0 Å². The first-order chi connectivity index (χ1) is 22.5. The van der Waals surface area contributed by atoms with Gasteiger partial charge in [-0.1, -0.05) is 44.2 Å². The largest absolute Gasteiger partial charge is 0.394 e. The van der Waals surface area contributed by atoms with Crippen LogP contribution in [0.4, 0.5) is 11.6 Å². The average molecular weight is 647 g/mol. The third kappa shape index (κ3) is 5.60. The Hall–Kier alpha value is -4.18. The standard InChI is InChI=1S/C21H26N4O2.C12H16N4O4/c1-4-17-14(2)19(26-12-15-8-6-5-7-9-15)21(3,27-17)18-11-10-16-20(22)23-13-24-25(16)18;1-12(10(19)9(18)7(4-17)20-12)8-3-2-6-11(13)14-5-15-16(6)8/h5-11,13-14,17,19H,4,12H2,1-3H3,(H2,22,23,24);2-3,5,7,9-10,17-19H,4H2,1H3,(H2,13,14,15)/t14-,17-,19-,21?;7-,9-,10-,12+/m11/s1. The van der Waals surface area contributed by atoms with Crippen molar-refractivity contribution in [1.29, 1.82) is 0 Å². The van der Waals surface area contributed by atoms with E-state index in [0.717, 1.165) is 23.2 Å². The van der Waals surface area contributed by atoms with Crippen LogP contribution < -0.4 is 11.5 Å². The van der Waals surface area contributed by atoms with Gasteiger partial charge >= 0.3 is 0 Å². The smallest absolute Gasteiger partial charge is 0.151 e. The third-order valence-electron chi connectivity index (χ3n) is 9.50. The van der Waals surface area contributed by atoms with E-state index >= 15 is 0 Å². The third-order valence-corrected chi connectivity index (χ3v) is 9.50. The second-order valence-electron chi connectivity index (χ2n) is 12.5. The molecule has 0 spiro atoms. The first-order valence-corrected chi connectivity index (χ1v) is 15.7. The van der Waals surface area contributed by atoms with Crippen molar-refractivity contribution >= 4 is 22.7 Å². The molecule has 250 valence electrons. The quantitative estimate of drug-likeness (QED) is 0.173. The summed E-state index contributed by atoms with van der Waals surface area (Å²) in [5.74, 6) is 1.02. The van der Waals surface area contributed by atoms with Gasteiger partial charge in [-0.3, -0.25) is 0 Å². The number of rotatable bonds is 7. The molecule has 1 unspecified atom stereocenters. The van der Waals surface area contributed by atoms with E-state index < -0.39 is 29.5 Å². The number of anilines is 2. The molecule has 1 aromatic carbocycles. The maximum atomic E-state index is 10.2. The number of nitrogen functional groups attached to an aromatic ring is 2. The summed E-state index contributed by atoms with van der Waals surface area (Å²) in [6.45, 7) is 8.25. The van der Waals surface area contributed by atoms with Crippen molar-refractivity contribution in [2.45, 2.75) is 82.4 Å². The second-order valence-corrected chi connectivity index (χ2v) is 12.5. The summed E-state index contributed by atoms with van der Waals surface area (Å²) in [4.78, 5) is 7.97. The van der Waals surface area contributed by atoms with Gasteiger partial charge in [-0.25, -0.2) is 19.0 Å². The van der Waals surface area contributed by atoms with Crippen LogP contribution in [-0.2, 0) is 32.0 Å². The van der Waals surface area contributed by atoms with Crippen molar-refractivity contribution in [1.82, 2.24) is 29.2 Å². The summed E-state index contributed by atoms with van der Waals surface area (Å²) in [5, 5.41) is 37.9. The molecule has 14 nitrogen and oxygen atoms in total. The maximum Gasteiger partial charge on any atom is 0.151 e. The molecule has 14 heteroatoms. The van der Waals surface area contributed by atoms with Crippen LogP contribution in [0.3, 0.4) is 0 Å². The maximum absolute atomic E-state index is 10.2. The number of fused-ring (bicyclic) bond motifs is 2. The van der Waals surface area contributed by atoms with E-state index in [2.05, 4.69) is 53.1 Å². The Bertz CT molecular complexity index is 1830. The van der Waals surface area contributed by atoms with Crippen LogP contribution in [-0.4, -0.2) is 81.6 Å². The van der Waals surface area contributed by atoms with Gasteiger partial charge in [0.05, 0.1) is 36.8 Å². The van der Waals surface area contributed by atoms with E-state index in [9.17, 15) is 15.3 Å². The lowest BCUT2D eigenvalue weighted by molar-refractivity contribution is -0.106. The minimum Gasteiger partial charge on any atom is -0.394 e. The molecule has 7 N–H and O–H groups in total. The Morgan fingerprint density at radius 1 is 0.830 bits per heavy atom. The number of benzene rings is 1. The molecule has 0 radical (unpaired) electrons. The van der Waals surface area contributed by atoms with Crippen LogP contribution >= 0.6 is 0 Å². The van der Waals surface area contributed by atoms with Crippen molar-refractivity contribution in [2.75, 3.05) is 18.1 Å². The first-order valence-electron chi connectivity index (χ1n) is 15.7. The van der Waals surface area contributed by atoms with Crippen molar-refractivity contribution in [3.63, 3.8) is 0 Å². The van der Waals surface area contributed by atoms with Gasteiger partial charge in [0, 0.05) is 5.92 Å². The highest BCUT2D eigenvalue weighted by Crippen LogP contribution is 2.46. The fraction of sp³-hybridized carbons (Fsp3) is 0.455. The van der Waals surface area contributed by atoms with Gasteiger partial charge in [-0.15, -0.1) is 0 Å². The SMILES string of the molecule is CC[C@H]1OC(C)(c2ccc3c(N)ncnn23)[C@H](OCc2ccccc2)[C@@H]1C.C[C@@]1(c2ccc3c(N)ncnn23)O[C@H](CO)[C@@H](O)[C@H]1O. The predicted molar refractivity (Wildman–Crippen MR) is 173 cm³/mol. The van der Waals surface area contributed by atoms with Gasteiger partial charge < -0.3 is 41.0 Å². The first kappa shape index (κ1) is 32.7. The van der Waals surface area contributed by atoms with Gasteiger partial charge in [0.15, 0.2) is 11.6 Å². The molecule has 0 bridgehead atoms. The zero-order chi connectivity index (χ0) is 33.5. The molecule has 5 aromatic rings. The van der Waals surface area contributed by atoms with Gasteiger partial charge in [0.1, 0.15) is 53.2 Å². The van der Waals surface area contributed by atoms with E-state index in [0.29, 0.717) is 29.5 Å². The summed E-state index contributed by atoms with van der Waals surface area (Å²) in [6, 6.07) is 17.6. The van der Waals surface area contributed by atoms with Gasteiger partial charge in [-0.2, -0.15) is 10.2 Å². The van der Waals surface area contributed by atoms with Crippen molar-refractivity contribution < 1.29 is 29.5 Å². The molecular formula is C33H42N8O6. The summed E-state index contributed by atoms with van der Waals surface area (Å²) >= 11 is 0. The average Bonchev–Trinajstić information content (AvgIpc) is 3.82. The molecule has 0 saturated carbocycles. The number of ether oxygens (including phenoxy) is 3. The molecule has 0 amide bonds. The molecule has 2 aliphatic rings. The Morgan fingerprint density at radius 3 is 1.91 bits per heavy atom. The van der Waals surface area contributed by atoms with Gasteiger partial charge in [0.2, 0.25) is 0 Å². The Kier molecular flexibility index (Phi) is 8.91. The number of aliphatic hydroxyl groups excluding tert-OH is 3. The number of nitrogens with two attached hydrogens (primary N) is 2. The molecule has 2 saturated heterocycles. The van der Waals surface area contributed by atoms with Crippen LogP contribution in [0.25, 0.3) is 11.0 Å². The van der Waals surface area contributed by atoms with Crippen LogP contribution in [0.15, 0.2) is 67.3 Å². The minimum absolute atomic E-state index is 0.100. The van der Waals surface area contributed by atoms with Crippen LogP contribution in [0.1, 0.15) is 51.1 Å². The number of aliphatic hydroxyl groups is 3. The van der Waals surface area contributed by atoms with Crippen LogP contribution in [0.2, 0.25) is 0 Å². The predicted octanol–water partition coefficient (Wildman–Crippen LogP) is 2.20. The molecule has 4 aromatic heterocycles. The Balaban J connectivity index is 0.000000172. The van der Waals surface area contributed by atoms with E-state index in [1.165, 1.54) is 17.2 Å². The molecule has 8 atom stereocenters. The number of aromatic nitrogens is 6.